The molecule has 1 saturated heterocycles. The SMILES string of the molecule is CCNC(=NCc1cccnc1OCc1ccccc1)N1CCOC(c2cnn(C)c2)C1.I. The van der Waals surface area contributed by atoms with Gasteiger partial charge in [-0.05, 0) is 18.6 Å². The second-order valence-electron chi connectivity index (χ2n) is 7.66. The number of nitrogens with zero attached hydrogens (tertiary/aromatic N) is 5. The summed E-state index contributed by atoms with van der Waals surface area (Å²) in [5, 5.41) is 7.69. The average Bonchev–Trinajstić information content (AvgIpc) is 3.28. The number of aliphatic imine (C=N–C) groups is 1. The molecule has 9 heteroatoms. The molecule has 1 aliphatic rings. The zero-order valence-corrected chi connectivity index (χ0v) is 21.4. The number of aromatic nitrogens is 3. The molecule has 0 amide bonds. The zero-order chi connectivity index (χ0) is 22.2. The van der Waals surface area contributed by atoms with E-state index in [1.807, 2.05) is 61.9 Å². The smallest absolute Gasteiger partial charge is 0.218 e. The topological polar surface area (TPSA) is 76.8 Å². The Labute approximate surface area is 212 Å². The summed E-state index contributed by atoms with van der Waals surface area (Å²) in [7, 11) is 1.92. The number of nitrogens with one attached hydrogen (secondary N) is 1. The third-order valence-corrected chi connectivity index (χ3v) is 5.27. The highest BCUT2D eigenvalue weighted by Crippen LogP contribution is 2.22. The van der Waals surface area contributed by atoms with Gasteiger partial charge in [0.05, 0.1) is 25.9 Å². The van der Waals surface area contributed by atoms with Crippen molar-refractivity contribution in [3.8, 4) is 5.88 Å². The van der Waals surface area contributed by atoms with E-state index in [-0.39, 0.29) is 30.1 Å². The Morgan fingerprint density at radius 3 is 2.85 bits per heavy atom. The molecule has 176 valence electrons. The molecule has 4 rings (SSSR count). The number of halogens is 1. The lowest BCUT2D eigenvalue weighted by Crippen LogP contribution is -2.48. The largest absolute Gasteiger partial charge is 0.473 e. The van der Waals surface area contributed by atoms with Crippen LogP contribution in [-0.4, -0.2) is 51.9 Å². The monoisotopic (exact) mass is 562 g/mol. The summed E-state index contributed by atoms with van der Waals surface area (Å²) in [5.74, 6) is 1.48. The number of hydrogen-bond donors (Lipinski definition) is 1. The first-order valence-electron chi connectivity index (χ1n) is 11.0. The summed E-state index contributed by atoms with van der Waals surface area (Å²) < 4.78 is 13.8. The van der Waals surface area contributed by atoms with Crippen molar-refractivity contribution in [2.75, 3.05) is 26.2 Å². The summed E-state index contributed by atoms with van der Waals surface area (Å²) >= 11 is 0. The van der Waals surface area contributed by atoms with Crippen LogP contribution in [-0.2, 0) is 24.9 Å². The van der Waals surface area contributed by atoms with Gasteiger partial charge < -0.3 is 19.7 Å². The van der Waals surface area contributed by atoms with Crippen molar-refractivity contribution in [2.45, 2.75) is 26.2 Å². The Bertz CT molecular complexity index is 1030. The molecule has 3 aromatic rings. The molecule has 1 fully saturated rings. The molecule has 3 heterocycles. The Morgan fingerprint density at radius 1 is 1.24 bits per heavy atom. The van der Waals surface area contributed by atoms with Crippen LogP contribution in [0.5, 0.6) is 5.88 Å². The number of benzene rings is 1. The van der Waals surface area contributed by atoms with E-state index in [1.165, 1.54) is 0 Å². The summed E-state index contributed by atoms with van der Waals surface area (Å²) in [4.78, 5) is 11.6. The molecule has 0 saturated carbocycles. The van der Waals surface area contributed by atoms with Crippen molar-refractivity contribution < 1.29 is 9.47 Å². The molecule has 1 unspecified atom stereocenters. The number of ether oxygens (including phenoxy) is 2. The summed E-state index contributed by atoms with van der Waals surface area (Å²) in [6.07, 6.45) is 5.60. The summed E-state index contributed by atoms with van der Waals surface area (Å²) in [5.41, 5.74) is 3.14. The number of aryl methyl sites for hydroxylation is 1. The number of rotatable bonds is 7. The molecule has 0 radical (unpaired) electrons. The van der Waals surface area contributed by atoms with Crippen molar-refractivity contribution in [2.24, 2.45) is 12.0 Å². The highest BCUT2D eigenvalue weighted by Gasteiger charge is 2.25. The van der Waals surface area contributed by atoms with Crippen molar-refractivity contribution in [1.29, 1.82) is 0 Å². The molecule has 1 atom stereocenters. The summed E-state index contributed by atoms with van der Waals surface area (Å²) in [6.45, 7) is 5.97. The predicted octanol–water partition coefficient (Wildman–Crippen LogP) is 3.55. The number of hydrogen-bond acceptors (Lipinski definition) is 5. The van der Waals surface area contributed by atoms with Gasteiger partial charge in [0.25, 0.3) is 0 Å². The first-order valence-corrected chi connectivity index (χ1v) is 11.0. The molecule has 0 bridgehead atoms. The van der Waals surface area contributed by atoms with E-state index in [2.05, 4.69) is 27.2 Å². The fraction of sp³-hybridized carbons (Fsp3) is 0.375. The average molecular weight is 562 g/mol. The van der Waals surface area contributed by atoms with Crippen LogP contribution in [0.2, 0.25) is 0 Å². The van der Waals surface area contributed by atoms with Gasteiger partial charge in [-0.1, -0.05) is 36.4 Å². The first-order chi connectivity index (χ1) is 15.7. The third-order valence-electron chi connectivity index (χ3n) is 5.27. The Balaban J connectivity index is 0.00000306. The lowest BCUT2D eigenvalue weighted by molar-refractivity contribution is -0.00805. The van der Waals surface area contributed by atoms with E-state index in [1.54, 1.807) is 10.9 Å². The van der Waals surface area contributed by atoms with Crippen LogP contribution in [0.4, 0.5) is 0 Å². The van der Waals surface area contributed by atoms with Gasteiger partial charge in [-0.3, -0.25) is 4.68 Å². The predicted molar refractivity (Wildman–Crippen MR) is 139 cm³/mol. The van der Waals surface area contributed by atoms with Crippen molar-refractivity contribution in [3.05, 3.63) is 77.7 Å². The Kier molecular flexibility index (Phi) is 9.49. The molecule has 33 heavy (non-hydrogen) atoms. The lowest BCUT2D eigenvalue weighted by atomic mass is 10.1. The van der Waals surface area contributed by atoms with Crippen LogP contribution in [0.1, 0.15) is 29.7 Å². The summed E-state index contributed by atoms with van der Waals surface area (Å²) in [6, 6.07) is 14.0. The quantitative estimate of drug-likeness (QED) is 0.270. The molecule has 1 aliphatic heterocycles. The van der Waals surface area contributed by atoms with Gasteiger partial charge >= 0.3 is 0 Å². The standard InChI is InChI=1S/C24H30N6O2.HI/c1-3-25-24(30-12-13-31-22(17-30)21-15-28-29(2)16-21)27-14-20-10-7-11-26-23(20)32-18-19-8-5-4-6-9-19;/h4-11,15-16,22H,3,12-14,17-18H2,1-2H3,(H,25,27);1H. The molecule has 1 N–H and O–H groups in total. The Hall–Kier alpha value is -2.66. The van der Waals surface area contributed by atoms with E-state index in [9.17, 15) is 0 Å². The van der Waals surface area contributed by atoms with Gasteiger partial charge in [-0.15, -0.1) is 24.0 Å². The molecule has 0 aliphatic carbocycles. The van der Waals surface area contributed by atoms with Crippen LogP contribution < -0.4 is 10.1 Å². The fourth-order valence-corrected chi connectivity index (χ4v) is 3.64. The maximum Gasteiger partial charge on any atom is 0.218 e. The van der Waals surface area contributed by atoms with E-state index in [0.717, 1.165) is 42.3 Å². The van der Waals surface area contributed by atoms with Crippen molar-refractivity contribution >= 4 is 29.9 Å². The van der Waals surface area contributed by atoms with Gasteiger partial charge in [-0.25, -0.2) is 9.98 Å². The first kappa shape index (κ1) is 25.0. The molecule has 2 aromatic heterocycles. The van der Waals surface area contributed by atoms with Crippen LogP contribution in [0.25, 0.3) is 0 Å². The number of pyridine rings is 1. The second-order valence-corrected chi connectivity index (χ2v) is 7.66. The van der Waals surface area contributed by atoms with Gasteiger partial charge in [0.15, 0.2) is 5.96 Å². The molecular formula is C24H31IN6O2. The van der Waals surface area contributed by atoms with Crippen molar-refractivity contribution in [3.63, 3.8) is 0 Å². The van der Waals surface area contributed by atoms with Gasteiger partial charge in [0, 0.05) is 43.7 Å². The van der Waals surface area contributed by atoms with E-state index < -0.39 is 0 Å². The maximum absolute atomic E-state index is 5.99. The lowest BCUT2D eigenvalue weighted by Gasteiger charge is -2.34. The molecule has 0 spiro atoms. The zero-order valence-electron chi connectivity index (χ0n) is 19.1. The fourth-order valence-electron chi connectivity index (χ4n) is 3.64. The van der Waals surface area contributed by atoms with Crippen LogP contribution in [0.15, 0.2) is 66.0 Å². The van der Waals surface area contributed by atoms with Gasteiger partial charge in [-0.2, -0.15) is 5.10 Å². The van der Waals surface area contributed by atoms with Crippen LogP contribution >= 0.6 is 24.0 Å². The normalized spacial score (nSPS) is 16.2. The van der Waals surface area contributed by atoms with Gasteiger partial charge in [0.2, 0.25) is 5.88 Å². The highest BCUT2D eigenvalue weighted by atomic mass is 127. The minimum Gasteiger partial charge on any atom is -0.473 e. The minimum absolute atomic E-state index is 0. The minimum atomic E-state index is -0.0236. The third kappa shape index (κ3) is 6.91. The number of guanidine groups is 1. The van der Waals surface area contributed by atoms with E-state index in [4.69, 9.17) is 14.5 Å². The maximum atomic E-state index is 5.99. The van der Waals surface area contributed by atoms with Gasteiger partial charge in [0.1, 0.15) is 12.7 Å². The van der Waals surface area contributed by atoms with Crippen LogP contribution in [0.3, 0.4) is 0 Å². The highest BCUT2D eigenvalue weighted by molar-refractivity contribution is 14.0. The van der Waals surface area contributed by atoms with E-state index in [0.29, 0.717) is 25.6 Å². The number of morpholine rings is 1. The second kappa shape index (κ2) is 12.5. The van der Waals surface area contributed by atoms with Crippen molar-refractivity contribution in [1.82, 2.24) is 25.0 Å². The molecular weight excluding hydrogens is 531 g/mol. The van der Waals surface area contributed by atoms with Crippen LogP contribution in [0, 0.1) is 0 Å². The molecule has 8 nitrogen and oxygen atoms in total. The molecule has 1 aromatic carbocycles. The van der Waals surface area contributed by atoms with E-state index >= 15 is 0 Å². The Morgan fingerprint density at radius 2 is 2.09 bits per heavy atom.